The van der Waals surface area contributed by atoms with E-state index in [1.54, 1.807) is 0 Å². The van der Waals surface area contributed by atoms with Gasteiger partial charge in [0.2, 0.25) is 5.91 Å². The fourth-order valence-electron chi connectivity index (χ4n) is 3.19. The third kappa shape index (κ3) is 7.38. The predicted octanol–water partition coefficient (Wildman–Crippen LogP) is 6.36. The summed E-state index contributed by atoms with van der Waals surface area (Å²) in [6.45, 7) is 9.66. The molecule has 0 saturated carbocycles. The van der Waals surface area contributed by atoms with E-state index in [-0.39, 0.29) is 11.4 Å². The summed E-state index contributed by atoms with van der Waals surface area (Å²) < 4.78 is 5.95. The summed E-state index contributed by atoms with van der Waals surface area (Å²) in [7, 11) is 0. The molecular weight excluding hydrogens is 346 g/mol. The molecule has 28 heavy (non-hydrogen) atoms. The van der Waals surface area contributed by atoms with Crippen molar-refractivity contribution in [1.29, 1.82) is 0 Å². The maximum atomic E-state index is 12.8. The maximum Gasteiger partial charge on any atom is 0.223 e. The first-order valence-corrected chi connectivity index (χ1v) is 10.5. The third-order valence-corrected chi connectivity index (χ3v) is 4.84. The van der Waals surface area contributed by atoms with Gasteiger partial charge in [0.1, 0.15) is 12.4 Å². The Hall–Kier alpha value is -2.29. The molecule has 0 atom stereocenters. The van der Waals surface area contributed by atoms with Crippen LogP contribution in [-0.2, 0) is 17.9 Å². The zero-order valence-corrected chi connectivity index (χ0v) is 17.9. The van der Waals surface area contributed by atoms with E-state index in [1.807, 2.05) is 41.3 Å². The normalized spacial score (nSPS) is 11.3. The van der Waals surface area contributed by atoms with E-state index >= 15 is 0 Å². The van der Waals surface area contributed by atoms with Crippen molar-refractivity contribution in [3.63, 3.8) is 0 Å². The van der Waals surface area contributed by atoms with Crippen LogP contribution in [0.2, 0.25) is 0 Å². The second-order valence-corrected chi connectivity index (χ2v) is 8.38. The molecular formula is C25H35NO2. The average molecular weight is 382 g/mol. The minimum atomic E-state index is -0.206. The number of carbonyl (C=O) groups excluding carboxylic acids is 1. The number of amides is 1. The van der Waals surface area contributed by atoms with Gasteiger partial charge in [-0.15, -0.1) is 0 Å². The number of unbranched alkanes of at least 4 members (excludes halogenated alkanes) is 3. The maximum absolute atomic E-state index is 12.8. The summed E-state index contributed by atoms with van der Waals surface area (Å²) in [4.78, 5) is 14.8. The molecule has 0 bridgehead atoms. The fourth-order valence-corrected chi connectivity index (χ4v) is 3.19. The Morgan fingerprint density at radius 2 is 1.64 bits per heavy atom. The molecule has 0 spiro atoms. The fraction of sp³-hybridized carbons (Fsp3) is 0.480. The van der Waals surface area contributed by atoms with Crippen molar-refractivity contribution in [3.8, 4) is 5.75 Å². The summed E-state index contributed by atoms with van der Waals surface area (Å²) in [5.41, 5.74) is 2.04. The Balaban J connectivity index is 2.00. The second kappa shape index (κ2) is 10.9. The van der Waals surface area contributed by atoms with E-state index in [0.717, 1.165) is 29.7 Å². The molecule has 0 aromatic heterocycles. The molecule has 0 aliphatic carbocycles. The highest BCUT2D eigenvalue weighted by molar-refractivity contribution is 5.77. The molecule has 0 unspecified atom stereocenters. The van der Waals surface area contributed by atoms with Gasteiger partial charge in [0, 0.05) is 18.5 Å². The smallest absolute Gasteiger partial charge is 0.223 e. The lowest BCUT2D eigenvalue weighted by atomic mass is 10.0. The number of hydrogen-bond acceptors (Lipinski definition) is 2. The summed E-state index contributed by atoms with van der Waals surface area (Å²) in [5.74, 6) is 1.07. The van der Waals surface area contributed by atoms with Crippen molar-refractivity contribution in [2.45, 2.75) is 78.5 Å². The molecule has 2 aromatic carbocycles. The summed E-state index contributed by atoms with van der Waals surface area (Å²) in [6, 6.07) is 18.2. The molecule has 0 aliphatic rings. The number of rotatable bonds is 10. The zero-order chi connectivity index (χ0) is 20.4. The van der Waals surface area contributed by atoms with Gasteiger partial charge in [-0.05, 0) is 50.5 Å². The summed E-state index contributed by atoms with van der Waals surface area (Å²) in [5, 5.41) is 0. The van der Waals surface area contributed by atoms with Crippen LogP contribution in [0.15, 0.2) is 54.6 Å². The van der Waals surface area contributed by atoms with E-state index < -0.39 is 0 Å². The van der Waals surface area contributed by atoms with Crippen LogP contribution in [0.25, 0.3) is 0 Å². The van der Waals surface area contributed by atoms with E-state index in [1.165, 1.54) is 12.8 Å². The predicted molar refractivity (Wildman–Crippen MR) is 116 cm³/mol. The van der Waals surface area contributed by atoms with Crippen LogP contribution in [0.4, 0.5) is 0 Å². The lowest BCUT2D eigenvalue weighted by Gasteiger charge is -2.36. The quantitative estimate of drug-likeness (QED) is 0.448. The molecule has 0 N–H and O–H groups in total. The molecule has 1 amide bonds. The van der Waals surface area contributed by atoms with Gasteiger partial charge in [0.25, 0.3) is 0 Å². The topological polar surface area (TPSA) is 29.5 Å². The highest BCUT2D eigenvalue weighted by Gasteiger charge is 2.26. The lowest BCUT2D eigenvalue weighted by molar-refractivity contribution is -0.136. The Morgan fingerprint density at radius 3 is 2.32 bits per heavy atom. The average Bonchev–Trinajstić information content (AvgIpc) is 2.68. The SMILES string of the molecule is CCCCCCC(=O)N(Cc1cccc(OCc2ccccc2)c1)C(C)(C)C. The Labute approximate surface area is 170 Å². The molecule has 3 nitrogen and oxygen atoms in total. The van der Waals surface area contributed by atoms with Crippen LogP contribution >= 0.6 is 0 Å². The van der Waals surface area contributed by atoms with Gasteiger partial charge in [-0.2, -0.15) is 0 Å². The van der Waals surface area contributed by atoms with E-state index in [4.69, 9.17) is 4.74 Å². The van der Waals surface area contributed by atoms with Gasteiger partial charge in [0.15, 0.2) is 0 Å². The largest absolute Gasteiger partial charge is 0.489 e. The van der Waals surface area contributed by atoms with Gasteiger partial charge in [-0.3, -0.25) is 4.79 Å². The van der Waals surface area contributed by atoms with Crippen molar-refractivity contribution in [3.05, 3.63) is 65.7 Å². The van der Waals surface area contributed by atoms with Crippen molar-refractivity contribution in [1.82, 2.24) is 4.90 Å². The first-order chi connectivity index (χ1) is 13.4. The monoisotopic (exact) mass is 381 g/mol. The van der Waals surface area contributed by atoms with Gasteiger partial charge < -0.3 is 9.64 Å². The highest BCUT2D eigenvalue weighted by Crippen LogP contribution is 2.22. The molecule has 152 valence electrons. The Bertz CT molecular complexity index is 719. The Morgan fingerprint density at radius 1 is 0.929 bits per heavy atom. The van der Waals surface area contributed by atoms with Crippen molar-refractivity contribution < 1.29 is 9.53 Å². The van der Waals surface area contributed by atoms with Gasteiger partial charge >= 0.3 is 0 Å². The van der Waals surface area contributed by atoms with Crippen LogP contribution in [0.3, 0.4) is 0 Å². The van der Waals surface area contributed by atoms with Crippen molar-refractivity contribution >= 4 is 5.91 Å². The van der Waals surface area contributed by atoms with Crippen LogP contribution in [0.1, 0.15) is 70.9 Å². The van der Waals surface area contributed by atoms with Crippen molar-refractivity contribution in [2.75, 3.05) is 0 Å². The van der Waals surface area contributed by atoms with E-state index in [9.17, 15) is 4.79 Å². The van der Waals surface area contributed by atoms with E-state index in [2.05, 4.69) is 45.9 Å². The molecule has 0 fully saturated rings. The van der Waals surface area contributed by atoms with Gasteiger partial charge in [0.05, 0.1) is 0 Å². The number of benzene rings is 2. The highest BCUT2D eigenvalue weighted by atomic mass is 16.5. The standard InChI is InChI=1S/C25H35NO2/c1-5-6-7-11-17-24(27)26(25(2,3)4)19-22-15-12-16-23(18-22)28-20-21-13-9-8-10-14-21/h8-10,12-16,18H,5-7,11,17,19-20H2,1-4H3. The minimum Gasteiger partial charge on any atom is -0.489 e. The molecule has 0 radical (unpaired) electrons. The number of ether oxygens (including phenoxy) is 1. The van der Waals surface area contributed by atoms with Crippen LogP contribution in [0.5, 0.6) is 5.75 Å². The van der Waals surface area contributed by atoms with Crippen LogP contribution in [0, 0.1) is 0 Å². The molecule has 0 saturated heterocycles. The number of nitrogens with zero attached hydrogens (tertiary/aromatic N) is 1. The molecule has 0 heterocycles. The third-order valence-electron chi connectivity index (χ3n) is 4.84. The zero-order valence-electron chi connectivity index (χ0n) is 17.9. The van der Waals surface area contributed by atoms with Crippen LogP contribution < -0.4 is 4.74 Å². The minimum absolute atomic E-state index is 0.206. The lowest BCUT2D eigenvalue weighted by Crippen LogP contribution is -2.45. The summed E-state index contributed by atoms with van der Waals surface area (Å²) in [6.07, 6.45) is 5.11. The first-order valence-electron chi connectivity index (χ1n) is 10.5. The molecule has 2 aromatic rings. The van der Waals surface area contributed by atoms with Crippen molar-refractivity contribution in [2.24, 2.45) is 0 Å². The molecule has 2 rings (SSSR count). The first kappa shape index (κ1) is 22.0. The van der Waals surface area contributed by atoms with Crippen LogP contribution in [-0.4, -0.2) is 16.3 Å². The van der Waals surface area contributed by atoms with E-state index in [0.29, 0.717) is 19.6 Å². The number of carbonyl (C=O) groups is 1. The summed E-state index contributed by atoms with van der Waals surface area (Å²) >= 11 is 0. The number of hydrogen-bond donors (Lipinski definition) is 0. The Kier molecular flexibility index (Phi) is 8.56. The molecule has 3 heteroatoms. The molecule has 0 aliphatic heterocycles. The second-order valence-electron chi connectivity index (χ2n) is 8.38. The van der Waals surface area contributed by atoms with Gasteiger partial charge in [-0.25, -0.2) is 0 Å². The van der Waals surface area contributed by atoms with Gasteiger partial charge in [-0.1, -0.05) is 68.7 Å².